The van der Waals surface area contributed by atoms with Crippen molar-refractivity contribution in [2.45, 2.75) is 19.9 Å². The van der Waals surface area contributed by atoms with Gasteiger partial charge in [-0.15, -0.1) is 0 Å². The number of benzene rings is 2. The number of halogens is 1. The van der Waals surface area contributed by atoms with E-state index in [0.717, 1.165) is 21.3 Å². The van der Waals surface area contributed by atoms with Gasteiger partial charge in [-0.1, -0.05) is 46.3 Å². The van der Waals surface area contributed by atoms with Crippen LogP contribution in [-0.2, 0) is 0 Å². The van der Waals surface area contributed by atoms with Crippen molar-refractivity contribution >= 4 is 27.6 Å². The van der Waals surface area contributed by atoms with Gasteiger partial charge in [0.2, 0.25) is 0 Å². The SMILES string of the molecule is Cc1cc(Br)ccc1NC(=O)NC(C)c1ccccc1. The van der Waals surface area contributed by atoms with E-state index in [-0.39, 0.29) is 12.1 Å². The molecule has 20 heavy (non-hydrogen) atoms. The predicted molar refractivity (Wildman–Crippen MR) is 85.9 cm³/mol. The quantitative estimate of drug-likeness (QED) is 0.844. The third-order valence-electron chi connectivity index (χ3n) is 3.08. The Kier molecular flexibility index (Phi) is 4.79. The van der Waals surface area contributed by atoms with E-state index in [2.05, 4.69) is 26.6 Å². The maximum absolute atomic E-state index is 12.0. The third-order valence-corrected chi connectivity index (χ3v) is 3.58. The maximum Gasteiger partial charge on any atom is 0.319 e. The number of nitrogens with one attached hydrogen (secondary N) is 2. The summed E-state index contributed by atoms with van der Waals surface area (Å²) in [5.41, 5.74) is 2.91. The zero-order chi connectivity index (χ0) is 14.5. The van der Waals surface area contributed by atoms with Gasteiger partial charge in [0, 0.05) is 10.2 Å². The summed E-state index contributed by atoms with van der Waals surface area (Å²) in [6.07, 6.45) is 0. The number of rotatable bonds is 3. The summed E-state index contributed by atoms with van der Waals surface area (Å²) in [6.45, 7) is 3.92. The Morgan fingerprint density at radius 1 is 1.15 bits per heavy atom. The van der Waals surface area contributed by atoms with E-state index in [9.17, 15) is 4.79 Å². The van der Waals surface area contributed by atoms with Crippen molar-refractivity contribution < 1.29 is 4.79 Å². The molecule has 2 aromatic carbocycles. The van der Waals surface area contributed by atoms with E-state index >= 15 is 0 Å². The highest BCUT2D eigenvalue weighted by Crippen LogP contribution is 2.20. The molecule has 0 saturated heterocycles. The molecule has 0 spiro atoms. The molecule has 0 bridgehead atoms. The molecule has 1 unspecified atom stereocenters. The standard InChI is InChI=1S/C16H17BrN2O/c1-11-10-14(17)8-9-15(11)19-16(20)18-12(2)13-6-4-3-5-7-13/h3-10,12H,1-2H3,(H2,18,19,20). The van der Waals surface area contributed by atoms with E-state index in [1.54, 1.807) is 0 Å². The number of amides is 2. The molecule has 0 heterocycles. The third kappa shape index (κ3) is 3.84. The molecule has 0 saturated carbocycles. The van der Waals surface area contributed by atoms with Gasteiger partial charge in [-0.2, -0.15) is 0 Å². The average Bonchev–Trinajstić information content (AvgIpc) is 2.43. The monoisotopic (exact) mass is 332 g/mol. The molecule has 0 radical (unpaired) electrons. The summed E-state index contributed by atoms with van der Waals surface area (Å²) in [6, 6.07) is 15.4. The van der Waals surface area contributed by atoms with Crippen molar-refractivity contribution in [3.63, 3.8) is 0 Å². The lowest BCUT2D eigenvalue weighted by Crippen LogP contribution is -2.31. The zero-order valence-corrected chi connectivity index (χ0v) is 13.1. The fourth-order valence-electron chi connectivity index (χ4n) is 1.95. The van der Waals surface area contributed by atoms with Crippen LogP contribution in [0.2, 0.25) is 0 Å². The normalized spacial score (nSPS) is 11.8. The first-order chi connectivity index (χ1) is 9.56. The minimum absolute atomic E-state index is 0.0352. The lowest BCUT2D eigenvalue weighted by atomic mass is 10.1. The summed E-state index contributed by atoms with van der Waals surface area (Å²) in [4.78, 5) is 12.0. The Balaban J connectivity index is 1.99. The topological polar surface area (TPSA) is 41.1 Å². The van der Waals surface area contributed by atoms with Gasteiger partial charge < -0.3 is 10.6 Å². The van der Waals surface area contributed by atoms with E-state index in [0.29, 0.717) is 0 Å². The molecule has 2 aromatic rings. The van der Waals surface area contributed by atoms with Gasteiger partial charge in [0.25, 0.3) is 0 Å². The fraction of sp³-hybridized carbons (Fsp3) is 0.188. The van der Waals surface area contributed by atoms with Gasteiger partial charge in [-0.05, 0) is 43.2 Å². The van der Waals surface area contributed by atoms with Crippen LogP contribution in [0.5, 0.6) is 0 Å². The molecule has 3 nitrogen and oxygen atoms in total. The van der Waals surface area contributed by atoms with Gasteiger partial charge in [0.15, 0.2) is 0 Å². The molecule has 2 amide bonds. The summed E-state index contributed by atoms with van der Waals surface area (Å²) in [5.74, 6) is 0. The van der Waals surface area contributed by atoms with Crippen molar-refractivity contribution in [2.75, 3.05) is 5.32 Å². The zero-order valence-electron chi connectivity index (χ0n) is 11.5. The molecule has 4 heteroatoms. The lowest BCUT2D eigenvalue weighted by Gasteiger charge is -2.16. The maximum atomic E-state index is 12.0. The van der Waals surface area contributed by atoms with E-state index in [1.807, 2.05) is 62.4 Å². The summed E-state index contributed by atoms with van der Waals surface area (Å²) in [7, 11) is 0. The highest BCUT2D eigenvalue weighted by atomic mass is 79.9. The van der Waals surface area contributed by atoms with Crippen LogP contribution in [0.3, 0.4) is 0 Å². The van der Waals surface area contributed by atoms with Gasteiger partial charge >= 0.3 is 6.03 Å². The lowest BCUT2D eigenvalue weighted by molar-refractivity contribution is 0.249. The van der Waals surface area contributed by atoms with E-state index in [4.69, 9.17) is 0 Å². The minimum atomic E-state index is -0.202. The summed E-state index contributed by atoms with van der Waals surface area (Å²) in [5, 5.41) is 5.79. The van der Waals surface area contributed by atoms with Crippen LogP contribution in [0.25, 0.3) is 0 Å². The predicted octanol–water partition coefficient (Wildman–Crippen LogP) is 4.64. The van der Waals surface area contributed by atoms with Gasteiger partial charge in [-0.25, -0.2) is 4.79 Å². The second kappa shape index (κ2) is 6.57. The van der Waals surface area contributed by atoms with Crippen LogP contribution < -0.4 is 10.6 Å². The van der Waals surface area contributed by atoms with Crippen LogP contribution >= 0.6 is 15.9 Å². The van der Waals surface area contributed by atoms with Crippen LogP contribution in [0.4, 0.5) is 10.5 Å². The van der Waals surface area contributed by atoms with E-state index in [1.165, 1.54) is 0 Å². The van der Waals surface area contributed by atoms with Crippen LogP contribution in [0.1, 0.15) is 24.1 Å². The smallest absolute Gasteiger partial charge is 0.319 e. The highest BCUT2D eigenvalue weighted by molar-refractivity contribution is 9.10. The second-order valence-electron chi connectivity index (χ2n) is 4.69. The van der Waals surface area contributed by atoms with Crippen molar-refractivity contribution in [1.82, 2.24) is 5.32 Å². The number of urea groups is 1. The number of carbonyl (C=O) groups is 1. The summed E-state index contributed by atoms with van der Waals surface area (Å²) < 4.78 is 0.999. The van der Waals surface area contributed by atoms with Crippen LogP contribution in [-0.4, -0.2) is 6.03 Å². The number of hydrogen-bond donors (Lipinski definition) is 2. The molecule has 2 N–H and O–H groups in total. The number of aryl methyl sites for hydroxylation is 1. The molecule has 2 rings (SSSR count). The first-order valence-electron chi connectivity index (χ1n) is 6.45. The Morgan fingerprint density at radius 2 is 1.85 bits per heavy atom. The van der Waals surface area contributed by atoms with E-state index < -0.39 is 0 Å². The van der Waals surface area contributed by atoms with Crippen molar-refractivity contribution in [3.05, 3.63) is 64.1 Å². The van der Waals surface area contributed by atoms with Crippen molar-refractivity contribution in [2.24, 2.45) is 0 Å². The molecule has 0 aromatic heterocycles. The molecular weight excluding hydrogens is 316 g/mol. The Hall–Kier alpha value is -1.81. The number of anilines is 1. The molecule has 104 valence electrons. The second-order valence-corrected chi connectivity index (χ2v) is 5.61. The Labute approximate surface area is 127 Å². The van der Waals surface area contributed by atoms with Crippen LogP contribution in [0.15, 0.2) is 53.0 Å². The molecule has 0 aliphatic carbocycles. The van der Waals surface area contributed by atoms with Gasteiger partial charge in [0.05, 0.1) is 6.04 Å². The molecule has 0 fully saturated rings. The molecular formula is C16H17BrN2O. The number of hydrogen-bond acceptors (Lipinski definition) is 1. The first-order valence-corrected chi connectivity index (χ1v) is 7.24. The fourth-order valence-corrected chi connectivity index (χ4v) is 2.42. The Morgan fingerprint density at radius 3 is 2.50 bits per heavy atom. The van der Waals surface area contributed by atoms with Crippen LogP contribution in [0, 0.1) is 6.92 Å². The number of carbonyl (C=O) groups excluding carboxylic acids is 1. The molecule has 0 aliphatic heterocycles. The van der Waals surface area contributed by atoms with Gasteiger partial charge in [-0.3, -0.25) is 0 Å². The Bertz CT molecular complexity index is 599. The molecule has 0 aliphatic rings. The minimum Gasteiger partial charge on any atom is -0.331 e. The van der Waals surface area contributed by atoms with Gasteiger partial charge in [0.1, 0.15) is 0 Å². The van der Waals surface area contributed by atoms with Crippen molar-refractivity contribution in [3.8, 4) is 0 Å². The summed E-state index contributed by atoms with van der Waals surface area (Å²) >= 11 is 3.41. The molecule has 1 atom stereocenters. The first kappa shape index (κ1) is 14.6. The average molecular weight is 333 g/mol. The van der Waals surface area contributed by atoms with Crippen molar-refractivity contribution in [1.29, 1.82) is 0 Å². The highest BCUT2D eigenvalue weighted by Gasteiger charge is 2.10. The largest absolute Gasteiger partial charge is 0.331 e.